The molecule has 130 valence electrons. The van der Waals surface area contributed by atoms with Gasteiger partial charge in [0, 0.05) is 36.8 Å². The van der Waals surface area contributed by atoms with E-state index in [2.05, 4.69) is 20.8 Å². The molecule has 3 rings (SSSR count). The first-order valence-electron chi connectivity index (χ1n) is 8.24. The lowest BCUT2D eigenvalue weighted by atomic mass is 10.0. The van der Waals surface area contributed by atoms with E-state index in [1.165, 1.54) is 0 Å². The van der Waals surface area contributed by atoms with Gasteiger partial charge in [-0.1, -0.05) is 30.3 Å². The van der Waals surface area contributed by atoms with Gasteiger partial charge in [-0.15, -0.1) is 0 Å². The topological polar surface area (TPSA) is 96.9 Å². The van der Waals surface area contributed by atoms with Crippen LogP contribution >= 0.6 is 0 Å². The van der Waals surface area contributed by atoms with Crippen LogP contribution in [0.5, 0.6) is 0 Å². The highest BCUT2D eigenvalue weighted by Gasteiger charge is 2.25. The van der Waals surface area contributed by atoms with Crippen molar-refractivity contribution in [1.82, 2.24) is 25.7 Å². The van der Waals surface area contributed by atoms with Crippen LogP contribution in [-0.2, 0) is 13.0 Å². The number of nitrogens with one attached hydrogen (secondary N) is 4. The molecule has 1 aromatic carbocycles. The fraction of sp³-hybridized carbons (Fsp3) is 0.278. The Hall–Kier alpha value is -3.09. The summed E-state index contributed by atoms with van der Waals surface area (Å²) in [5, 5.41) is 20.9. The maximum Gasteiger partial charge on any atom is 0.318 e. The minimum absolute atomic E-state index is 0.159. The largest absolute Gasteiger partial charge is 0.394 e. The summed E-state index contributed by atoms with van der Waals surface area (Å²) in [5.41, 5.74) is 4.44. The van der Waals surface area contributed by atoms with Crippen molar-refractivity contribution in [1.29, 1.82) is 5.41 Å². The highest BCUT2D eigenvalue weighted by molar-refractivity contribution is 5.95. The average Bonchev–Trinajstić information content (AvgIpc) is 3.08. The summed E-state index contributed by atoms with van der Waals surface area (Å²) in [6.07, 6.45) is 4.04. The van der Waals surface area contributed by atoms with Crippen molar-refractivity contribution in [2.24, 2.45) is 0 Å². The molecule has 0 fully saturated rings. The predicted molar refractivity (Wildman–Crippen MR) is 97.5 cm³/mol. The summed E-state index contributed by atoms with van der Waals surface area (Å²) >= 11 is 0. The van der Waals surface area contributed by atoms with E-state index in [1.54, 1.807) is 24.2 Å². The first kappa shape index (κ1) is 16.8. The zero-order valence-electron chi connectivity index (χ0n) is 14.2. The molecule has 0 unspecified atom stereocenters. The average molecular weight is 338 g/mol. The summed E-state index contributed by atoms with van der Waals surface area (Å²) in [5.74, 6) is 0. The van der Waals surface area contributed by atoms with Gasteiger partial charge in [0.2, 0.25) is 0 Å². The number of benzene rings is 1. The van der Waals surface area contributed by atoms with E-state index in [0.29, 0.717) is 18.8 Å². The van der Waals surface area contributed by atoms with E-state index in [0.717, 1.165) is 28.9 Å². The van der Waals surface area contributed by atoms with Crippen molar-refractivity contribution in [2.45, 2.75) is 13.0 Å². The molecule has 2 heterocycles. The van der Waals surface area contributed by atoms with Crippen LogP contribution in [-0.4, -0.2) is 47.0 Å². The SMILES string of the molecule is CN/C=C\C(=N)CNC(=O)N1CCc2[nH]nc(-c3ccccc3)c2C1. The maximum absolute atomic E-state index is 12.4. The van der Waals surface area contributed by atoms with E-state index < -0.39 is 0 Å². The van der Waals surface area contributed by atoms with Gasteiger partial charge in [-0.3, -0.25) is 5.10 Å². The second-order valence-electron chi connectivity index (χ2n) is 5.87. The molecule has 0 saturated heterocycles. The van der Waals surface area contributed by atoms with Gasteiger partial charge in [0.1, 0.15) is 0 Å². The zero-order chi connectivity index (χ0) is 17.6. The van der Waals surface area contributed by atoms with Crippen molar-refractivity contribution in [3.8, 4) is 11.3 Å². The Morgan fingerprint density at radius 1 is 1.40 bits per heavy atom. The van der Waals surface area contributed by atoms with Crippen LogP contribution in [0.15, 0.2) is 42.6 Å². The van der Waals surface area contributed by atoms with Crippen molar-refractivity contribution in [3.63, 3.8) is 0 Å². The predicted octanol–water partition coefficient (Wildman–Crippen LogP) is 1.90. The number of aromatic nitrogens is 2. The molecule has 4 N–H and O–H groups in total. The lowest BCUT2D eigenvalue weighted by Gasteiger charge is -2.27. The Bertz CT molecular complexity index is 780. The zero-order valence-corrected chi connectivity index (χ0v) is 14.2. The first-order chi connectivity index (χ1) is 12.2. The van der Waals surface area contributed by atoms with E-state index in [-0.39, 0.29) is 12.6 Å². The standard InChI is InChI=1S/C18H22N6O/c1-20-9-7-14(19)11-21-18(25)24-10-8-16-15(12-24)17(23-22-16)13-5-3-2-4-6-13/h2-7,9,19-20H,8,10-12H2,1H3,(H,21,25)(H,22,23)/b9-7-,19-14?. The summed E-state index contributed by atoms with van der Waals surface area (Å²) in [4.78, 5) is 14.2. The Labute approximate surface area is 146 Å². The van der Waals surface area contributed by atoms with Crippen LogP contribution in [0.2, 0.25) is 0 Å². The maximum atomic E-state index is 12.4. The minimum atomic E-state index is -0.159. The van der Waals surface area contributed by atoms with Crippen molar-refractivity contribution >= 4 is 11.7 Å². The molecule has 2 aromatic rings. The lowest BCUT2D eigenvalue weighted by molar-refractivity contribution is 0.194. The third kappa shape index (κ3) is 3.88. The highest BCUT2D eigenvalue weighted by atomic mass is 16.2. The molecule has 0 saturated carbocycles. The molecule has 1 aliphatic rings. The molecule has 7 nitrogen and oxygen atoms in total. The normalized spacial score (nSPS) is 13.6. The van der Waals surface area contributed by atoms with Crippen LogP contribution in [0.4, 0.5) is 4.79 Å². The monoisotopic (exact) mass is 338 g/mol. The molecule has 0 bridgehead atoms. The second-order valence-corrected chi connectivity index (χ2v) is 5.87. The summed E-state index contributed by atoms with van der Waals surface area (Å²) in [6.45, 7) is 1.35. The number of carbonyl (C=O) groups is 1. The number of hydrogen-bond donors (Lipinski definition) is 4. The van der Waals surface area contributed by atoms with Gasteiger partial charge in [-0.05, 0) is 12.3 Å². The van der Waals surface area contributed by atoms with Crippen molar-refractivity contribution < 1.29 is 4.79 Å². The van der Waals surface area contributed by atoms with Crippen molar-refractivity contribution in [2.75, 3.05) is 20.1 Å². The number of amides is 2. The fourth-order valence-corrected chi connectivity index (χ4v) is 2.83. The number of rotatable bonds is 5. The third-order valence-corrected chi connectivity index (χ3v) is 4.15. The van der Waals surface area contributed by atoms with E-state index in [9.17, 15) is 4.79 Å². The highest BCUT2D eigenvalue weighted by Crippen LogP contribution is 2.28. The third-order valence-electron chi connectivity index (χ3n) is 4.15. The summed E-state index contributed by atoms with van der Waals surface area (Å²) < 4.78 is 0. The van der Waals surface area contributed by atoms with E-state index >= 15 is 0 Å². The molecule has 1 aliphatic heterocycles. The summed E-state index contributed by atoms with van der Waals surface area (Å²) in [7, 11) is 1.77. The van der Waals surface area contributed by atoms with Gasteiger partial charge in [-0.2, -0.15) is 5.10 Å². The van der Waals surface area contributed by atoms with Gasteiger partial charge in [0.05, 0.1) is 24.5 Å². The molecule has 0 atom stereocenters. The van der Waals surface area contributed by atoms with Crippen LogP contribution in [0, 0.1) is 5.41 Å². The Kier molecular flexibility index (Phi) is 5.13. The Morgan fingerprint density at radius 3 is 2.96 bits per heavy atom. The Balaban J connectivity index is 1.66. The number of fused-ring (bicyclic) bond motifs is 1. The molecule has 0 radical (unpaired) electrons. The lowest BCUT2D eigenvalue weighted by Crippen LogP contribution is -2.44. The van der Waals surface area contributed by atoms with Crippen LogP contribution in [0.25, 0.3) is 11.3 Å². The van der Waals surface area contributed by atoms with Gasteiger partial charge >= 0.3 is 6.03 Å². The van der Waals surface area contributed by atoms with Gasteiger partial charge in [0.25, 0.3) is 0 Å². The van der Waals surface area contributed by atoms with E-state index in [4.69, 9.17) is 5.41 Å². The molecule has 0 aliphatic carbocycles. The second kappa shape index (κ2) is 7.65. The van der Waals surface area contributed by atoms with Gasteiger partial charge in [-0.25, -0.2) is 4.79 Å². The Morgan fingerprint density at radius 2 is 2.20 bits per heavy atom. The van der Waals surface area contributed by atoms with Crippen LogP contribution < -0.4 is 10.6 Å². The molecule has 1 aromatic heterocycles. The quantitative estimate of drug-likeness (QED) is 0.627. The fourth-order valence-electron chi connectivity index (χ4n) is 2.83. The number of aromatic amines is 1. The number of H-pyrrole nitrogens is 1. The summed E-state index contributed by atoms with van der Waals surface area (Å²) in [6, 6.07) is 9.81. The molecule has 25 heavy (non-hydrogen) atoms. The van der Waals surface area contributed by atoms with Crippen molar-refractivity contribution in [3.05, 3.63) is 53.9 Å². The molecule has 7 heteroatoms. The molecular weight excluding hydrogens is 316 g/mol. The van der Waals surface area contributed by atoms with E-state index in [1.807, 2.05) is 30.3 Å². The number of urea groups is 1. The van der Waals surface area contributed by atoms with Crippen LogP contribution in [0.1, 0.15) is 11.3 Å². The first-order valence-corrected chi connectivity index (χ1v) is 8.24. The number of hydrogen-bond acceptors (Lipinski definition) is 4. The van der Waals surface area contributed by atoms with Gasteiger partial charge < -0.3 is 20.9 Å². The van der Waals surface area contributed by atoms with Crippen LogP contribution in [0.3, 0.4) is 0 Å². The molecule has 0 spiro atoms. The number of nitrogens with zero attached hydrogens (tertiary/aromatic N) is 2. The minimum Gasteiger partial charge on any atom is -0.394 e. The molecule has 2 amide bonds. The smallest absolute Gasteiger partial charge is 0.318 e. The van der Waals surface area contributed by atoms with Gasteiger partial charge in [0.15, 0.2) is 0 Å². The number of carbonyl (C=O) groups excluding carboxylic acids is 1. The molecular formula is C18H22N6O.